The van der Waals surface area contributed by atoms with Crippen molar-refractivity contribution in [3.05, 3.63) is 53.1 Å². The van der Waals surface area contributed by atoms with Crippen molar-refractivity contribution >= 4 is 23.2 Å². The van der Waals surface area contributed by atoms with Gasteiger partial charge in [0, 0.05) is 10.7 Å². The van der Waals surface area contributed by atoms with Gasteiger partial charge in [-0.05, 0) is 43.2 Å². The van der Waals surface area contributed by atoms with Gasteiger partial charge in [0.15, 0.2) is 17.6 Å². The normalized spacial score (nSPS) is 11.7. The first-order valence-corrected chi connectivity index (χ1v) is 7.79. The molecule has 5 heteroatoms. The molecule has 0 aromatic heterocycles. The van der Waals surface area contributed by atoms with Crippen molar-refractivity contribution in [3.8, 4) is 11.5 Å². The Morgan fingerprint density at radius 2 is 1.91 bits per heavy atom. The van der Waals surface area contributed by atoms with E-state index < -0.39 is 6.10 Å². The summed E-state index contributed by atoms with van der Waals surface area (Å²) in [5, 5.41) is 3.44. The van der Waals surface area contributed by atoms with Crippen molar-refractivity contribution < 1.29 is 14.3 Å². The number of carbonyl (C=O) groups is 1. The second-order valence-corrected chi connectivity index (χ2v) is 5.53. The summed E-state index contributed by atoms with van der Waals surface area (Å²) in [5.41, 5.74) is 1.61. The third-order valence-corrected chi connectivity index (χ3v) is 3.85. The van der Waals surface area contributed by atoms with Gasteiger partial charge in [-0.3, -0.25) is 4.79 Å². The predicted octanol–water partition coefficient (Wildman–Crippen LogP) is 4.45. The van der Waals surface area contributed by atoms with Crippen molar-refractivity contribution in [2.75, 3.05) is 12.4 Å². The predicted molar refractivity (Wildman–Crippen MR) is 92.5 cm³/mol. The summed E-state index contributed by atoms with van der Waals surface area (Å²) in [7, 11) is 1.57. The van der Waals surface area contributed by atoms with E-state index in [0.29, 0.717) is 28.6 Å². The number of nitrogens with one attached hydrogen (secondary N) is 1. The van der Waals surface area contributed by atoms with Crippen molar-refractivity contribution in [3.63, 3.8) is 0 Å². The number of para-hydroxylation sites is 2. The van der Waals surface area contributed by atoms with Crippen LogP contribution in [0.25, 0.3) is 0 Å². The lowest BCUT2D eigenvalue weighted by atomic mass is 10.2. The van der Waals surface area contributed by atoms with Crippen LogP contribution >= 0.6 is 11.6 Å². The number of aryl methyl sites for hydroxylation is 1. The molecule has 1 atom stereocenters. The Morgan fingerprint density at radius 1 is 1.22 bits per heavy atom. The summed E-state index contributed by atoms with van der Waals surface area (Å²) < 4.78 is 11.0. The van der Waals surface area contributed by atoms with E-state index in [1.807, 2.05) is 38.1 Å². The smallest absolute Gasteiger partial charge is 0.265 e. The number of anilines is 1. The molecule has 1 N–H and O–H groups in total. The van der Waals surface area contributed by atoms with Crippen molar-refractivity contribution in [2.45, 2.75) is 26.4 Å². The van der Waals surface area contributed by atoms with Crippen LogP contribution < -0.4 is 14.8 Å². The number of ether oxygens (including phenoxy) is 2. The molecule has 1 amide bonds. The van der Waals surface area contributed by atoms with E-state index in [9.17, 15) is 4.79 Å². The van der Waals surface area contributed by atoms with E-state index in [0.717, 1.165) is 5.56 Å². The minimum Gasteiger partial charge on any atom is -0.493 e. The molecule has 0 bridgehead atoms. The maximum absolute atomic E-state index is 12.4. The van der Waals surface area contributed by atoms with Gasteiger partial charge in [0.1, 0.15) is 0 Å². The lowest BCUT2D eigenvalue weighted by Crippen LogP contribution is -2.32. The van der Waals surface area contributed by atoms with E-state index in [4.69, 9.17) is 21.1 Å². The second kappa shape index (κ2) is 7.88. The molecular weight excluding hydrogens is 314 g/mol. The molecule has 0 unspecified atom stereocenters. The van der Waals surface area contributed by atoms with Gasteiger partial charge in [-0.1, -0.05) is 36.7 Å². The second-order valence-electron chi connectivity index (χ2n) is 5.12. The van der Waals surface area contributed by atoms with Gasteiger partial charge in [-0.2, -0.15) is 0 Å². The summed E-state index contributed by atoms with van der Waals surface area (Å²) in [4.78, 5) is 12.4. The number of rotatable bonds is 6. The Morgan fingerprint density at radius 3 is 2.52 bits per heavy atom. The lowest BCUT2D eigenvalue weighted by Gasteiger charge is -2.19. The maximum Gasteiger partial charge on any atom is 0.265 e. The van der Waals surface area contributed by atoms with E-state index >= 15 is 0 Å². The monoisotopic (exact) mass is 333 g/mol. The molecular formula is C18H20ClNO3. The molecule has 0 aliphatic heterocycles. The molecule has 0 fully saturated rings. The molecule has 2 rings (SSSR count). The van der Waals surface area contributed by atoms with Gasteiger partial charge in [-0.25, -0.2) is 0 Å². The average Bonchev–Trinajstić information content (AvgIpc) is 2.56. The maximum atomic E-state index is 12.4. The molecule has 2 aromatic carbocycles. The van der Waals surface area contributed by atoms with Crippen LogP contribution in [0, 0.1) is 6.92 Å². The molecule has 2 aromatic rings. The largest absolute Gasteiger partial charge is 0.493 e. The molecule has 0 heterocycles. The number of methoxy groups -OCH3 is 1. The zero-order valence-corrected chi connectivity index (χ0v) is 14.2. The third-order valence-electron chi connectivity index (χ3n) is 3.44. The Bertz CT molecular complexity index is 688. The number of amides is 1. The molecule has 0 saturated carbocycles. The number of carbonyl (C=O) groups excluding carboxylic acids is 1. The Labute approximate surface area is 141 Å². The van der Waals surface area contributed by atoms with Crippen molar-refractivity contribution in [1.82, 2.24) is 0 Å². The molecule has 122 valence electrons. The zero-order valence-electron chi connectivity index (χ0n) is 13.4. The van der Waals surface area contributed by atoms with Crippen LogP contribution in [-0.2, 0) is 4.79 Å². The van der Waals surface area contributed by atoms with E-state index in [2.05, 4.69) is 5.32 Å². The molecule has 23 heavy (non-hydrogen) atoms. The van der Waals surface area contributed by atoms with E-state index in [1.54, 1.807) is 25.3 Å². The summed E-state index contributed by atoms with van der Waals surface area (Å²) in [6, 6.07) is 12.7. The van der Waals surface area contributed by atoms with Crippen LogP contribution in [0.1, 0.15) is 18.9 Å². The van der Waals surface area contributed by atoms with Gasteiger partial charge in [0.2, 0.25) is 0 Å². The molecule has 0 radical (unpaired) electrons. The minimum absolute atomic E-state index is 0.224. The van der Waals surface area contributed by atoms with Crippen molar-refractivity contribution in [1.29, 1.82) is 0 Å². The fraction of sp³-hybridized carbons (Fsp3) is 0.278. The molecule has 0 aliphatic carbocycles. The van der Waals surface area contributed by atoms with Gasteiger partial charge in [0.05, 0.1) is 7.11 Å². The Kier molecular flexibility index (Phi) is 5.88. The number of hydrogen-bond acceptors (Lipinski definition) is 3. The molecule has 0 saturated heterocycles. The fourth-order valence-corrected chi connectivity index (χ4v) is 2.27. The summed E-state index contributed by atoms with van der Waals surface area (Å²) in [6.07, 6.45) is -0.0879. The highest BCUT2D eigenvalue weighted by Crippen LogP contribution is 2.28. The third kappa shape index (κ3) is 4.39. The van der Waals surface area contributed by atoms with E-state index in [-0.39, 0.29) is 5.91 Å². The van der Waals surface area contributed by atoms with Crippen LogP contribution in [0.3, 0.4) is 0 Å². The molecule has 0 aliphatic rings. The molecule has 4 nitrogen and oxygen atoms in total. The van der Waals surface area contributed by atoms with E-state index in [1.165, 1.54) is 0 Å². The number of benzene rings is 2. The highest BCUT2D eigenvalue weighted by atomic mass is 35.5. The number of halogens is 1. The summed E-state index contributed by atoms with van der Waals surface area (Å²) in [6.45, 7) is 3.80. The van der Waals surface area contributed by atoms with Crippen molar-refractivity contribution in [2.24, 2.45) is 0 Å². The first-order chi connectivity index (χ1) is 11.0. The highest BCUT2D eigenvalue weighted by molar-refractivity contribution is 6.31. The standard InChI is InChI=1S/C18H20ClNO3/c1-4-15(23-17-8-6-5-7-16(17)22-3)18(21)20-13-10-9-12(2)14(19)11-13/h5-11,15H,4H2,1-3H3,(H,20,21)/t15-/m0/s1. The SMILES string of the molecule is CC[C@H](Oc1ccccc1OC)C(=O)Nc1ccc(C)c(Cl)c1. The first-order valence-electron chi connectivity index (χ1n) is 7.41. The Hall–Kier alpha value is -2.20. The fourth-order valence-electron chi connectivity index (χ4n) is 2.09. The summed E-state index contributed by atoms with van der Waals surface area (Å²) >= 11 is 6.08. The van der Waals surface area contributed by atoms with Gasteiger partial charge in [0.25, 0.3) is 5.91 Å². The van der Waals surface area contributed by atoms with Crippen LogP contribution in [-0.4, -0.2) is 19.1 Å². The average molecular weight is 334 g/mol. The first kappa shape index (κ1) is 17.2. The lowest BCUT2D eigenvalue weighted by molar-refractivity contribution is -0.122. The van der Waals surface area contributed by atoms with Crippen LogP contribution in [0.5, 0.6) is 11.5 Å². The zero-order chi connectivity index (χ0) is 16.8. The number of hydrogen-bond donors (Lipinski definition) is 1. The summed E-state index contributed by atoms with van der Waals surface area (Å²) in [5.74, 6) is 0.911. The van der Waals surface area contributed by atoms with Gasteiger partial charge in [-0.15, -0.1) is 0 Å². The van der Waals surface area contributed by atoms with Gasteiger partial charge < -0.3 is 14.8 Å². The van der Waals surface area contributed by atoms with Gasteiger partial charge >= 0.3 is 0 Å². The van der Waals surface area contributed by atoms with Crippen LogP contribution in [0.15, 0.2) is 42.5 Å². The Balaban J connectivity index is 2.10. The highest BCUT2D eigenvalue weighted by Gasteiger charge is 2.20. The van der Waals surface area contributed by atoms with Crippen LogP contribution in [0.2, 0.25) is 5.02 Å². The topological polar surface area (TPSA) is 47.6 Å². The van der Waals surface area contributed by atoms with Crippen LogP contribution in [0.4, 0.5) is 5.69 Å². The minimum atomic E-state index is -0.619. The quantitative estimate of drug-likeness (QED) is 0.849. The molecule has 0 spiro atoms.